The first kappa shape index (κ1) is 11.0. The molecule has 3 unspecified atom stereocenters. The minimum atomic E-state index is -0.925. The first-order chi connectivity index (χ1) is 6.49. The van der Waals surface area contributed by atoms with E-state index in [2.05, 4.69) is 4.74 Å². The number of carbonyl (C=O) groups is 1. The van der Waals surface area contributed by atoms with E-state index < -0.39 is 18.0 Å². The Bertz CT molecular complexity index is 269. The summed E-state index contributed by atoms with van der Waals surface area (Å²) in [4.78, 5) is 11.4. The normalized spacial score (nSPS) is 33.0. The molecule has 2 N–H and O–H groups in total. The van der Waals surface area contributed by atoms with E-state index in [4.69, 9.17) is 0 Å². The largest absolute Gasteiger partial charge is 0.512 e. The van der Waals surface area contributed by atoms with Crippen LogP contribution in [0.3, 0.4) is 0 Å². The lowest BCUT2D eigenvalue weighted by Gasteiger charge is -2.31. The fourth-order valence-corrected chi connectivity index (χ4v) is 1.84. The molecule has 0 amide bonds. The molecule has 0 aromatic rings. The molecule has 80 valence electrons. The smallest absolute Gasteiger partial charge is 0.311 e. The van der Waals surface area contributed by atoms with Gasteiger partial charge in [-0.3, -0.25) is 4.79 Å². The highest BCUT2D eigenvalue weighted by Crippen LogP contribution is 2.33. The third kappa shape index (κ3) is 1.75. The fourth-order valence-electron chi connectivity index (χ4n) is 1.84. The van der Waals surface area contributed by atoms with Crippen molar-refractivity contribution in [2.75, 3.05) is 7.11 Å². The molecule has 0 aliphatic heterocycles. The maximum Gasteiger partial charge on any atom is 0.311 e. The van der Waals surface area contributed by atoms with Gasteiger partial charge in [-0.05, 0) is 18.4 Å². The van der Waals surface area contributed by atoms with Gasteiger partial charge in [-0.1, -0.05) is 6.92 Å². The molecule has 0 radical (unpaired) electrons. The van der Waals surface area contributed by atoms with Gasteiger partial charge < -0.3 is 14.9 Å². The van der Waals surface area contributed by atoms with Gasteiger partial charge in [-0.2, -0.15) is 0 Å². The third-order valence-electron chi connectivity index (χ3n) is 2.84. The number of methoxy groups -OCH3 is 1. The van der Waals surface area contributed by atoms with Crippen molar-refractivity contribution in [3.63, 3.8) is 0 Å². The van der Waals surface area contributed by atoms with Crippen molar-refractivity contribution in [2.45, 2.75) is 26.4 Å². The Hall–Kier alpha value is -1.03. The molecule has 3 atom stereocenters. The first-order valence-corrected chi connectivity index (χ1v) is 4.63. The number of aliphatic hydroxyl groups excluding tert-OH is 2. The topological polar surface area (TPSA) is 66.8 Å². The number of hydrogen-bond donors (Lipinski definition) is 2. The van der Waals surface area contributed by atoms with Crippen LogP contribution in [0.1, 0.15) is 20.3 Å². The molecule has 1 aliphatic carbocycles. The maximum absolute atomic E-state index is 11.4. The summed E-state index contributed by atoms with van der Waals surface area (Å²) in [6.07, 6.45) is -0.506. The molecule has 0 bridgehead atoms. The molecule has 1 aliphatic rings. The highest BCUT2D eigenvalue weighted by atomic mass is 16.5. The molecule has 0 spiro atoms. The van der Waals surface area contributed by atoms with Crippen LogP contribution in [-0.4, -0.2) is 29.4 Å². The van der Waals surface area contributed by atoms with Crippen LogP contribution in [0, 0.1) is 11.8 Å². The predicted octanol–water partition coefficient (Wildman–Crippen LogP) is 1.01. The molecular weight excluding hydrogens is 184 g/mol. The molecule has 1 rings (SSSR count). The number of carbonyl (C=O) groups excluding carboxylic acids is 1. The number of rotatable bonds is 1. The summed E-state index contributed by atoms with van der Waals surface area (Å²) in [5, 5.41) is 19.2. The standard InChI is InChI=1S/C10H16O4/c1-5-4-7(11)6(2)9(12)8(5)10(13)14-3/h5,8-9,11-12H,4H2,1-3H3. The molecule has 4 heteroatoms. The van der Waals surface area contributed by atoms with E-state index >= 15 is 0 Å². The van der Waals surface area contributed by atoms with Crippen LogP contribution in [0.5, 0.6) is 0 Å². The maximum atomic E-state index is 11.4. The Morgan fingerprint density at radius 1 is 1.57 bits per heavy atom. The Morgan fingerprint density at radius 2 is 2.14 bits per heavy atom. The van der Waals surface area contributed by atoms with E-state index in [1.54, 1.807) is 6.92 Å². The molecule has 0 aromatic heterocycles. The number of ether oxygens (including phenoxy) is 1. The second-order valence-electron chi connectivity index (χ2n) is 3.80. The second kappa shape index (κ2) is 4.00. The van der Waals surface area contributed by atoms with Crippen LogP contribution in [0.25, 0.3) is 0 Å². The summed E-state index contributed by atoms with van der Waals surface area (Å²) in [6.45, 7) is 3.44. The van der Waals surface area contributed by atoms with Gasteiger partial charge in [0.05, 0.1) is 24.9 Å². The van der Waals surface area contributed by atoms with Crippen molar-refractivity contribution < 1.29 is 19.7 Å². The average Bonchev–Trinajstić information content (AvgIpc) is 2.14. The Kier molecular flexibility index (Phi) is 3.16. The highest BCUT2D eigenvalue weighted by molar-refractivity contribution is 5.74. The van der Waals surface area contributed by atoms with Gasteiger partial charge in [0.15, 0.2) is 0 Å². The number of esters is 1. The van der Waals surface area contributed by atoms with E-state index in [1.165, 1.54) is 7.11 Å². The molecule has 4 nitrogen and oxygen atoms in total. The van der Waals surface area contributed by atoms with Gasteiger partial charge >= 0.3 is 5.97 Å². The van der Waals surface area contributed by atoms with Crippen LogP contribution in [0.15, 0.2) is 11.3 Å². The van der Waals surface area contributed by atoms with Gasteiger partial charge in [0.2, 0.25) is 0 Å². The van der Waals surface area contributed by atoms with Crippen molar-refractivity contribution in [1.82, 2.24) is 0 Å². The van der Waals surface area contributed by atoms with Gasteiger partial charge in [0.25, 0.3) is 0 Å². The molecule has 0 saturated heterocycles. The second-order valence-corrected chi connectivity index (χ2v) is 3.80. The SMILES string of the molecule is COC(=O)C1C(C)CC(O)=C(C)C1O. The molecule has 0 aromatic carbocycles. The molecular formula is C10H16O4. The zero-order valence-electron chi connectivity index (χ0n) is 8.65. The minimum Gasteiger partial charge on any atom is -0.512 e. The summed E-state index contributed by atoms with van der Waals surface area (Å²) >= 11 is 0. The van der Waals surface area contributed by atoms with Crippen molar-refractivity contribution in [2.24, 2.45) is 11.8 Å². The zero-order valence-corrected chi connectivity index (χ0v) is 8.65. The Labute approximate surface area is 83.2 Å². The molecule has 14 heavy (non-hydrogen) atoms. The highest BCUT2D eigenvalue weighted by Gasteiger charge is 2.38. The van der Waals surface area contributed by atoms with Crippen molar-refractivity contribution in [1.29, 1.82) is 0 Å². The van der Waals surface area contributed by atoms with Crippen LogP contribution in [0.2, 0.25) is 0 Å². The van der Waals surface area contributed by atoms with Crippen molar-refractivity contribution >= 4 is 5.97 Å². The van der Waals surface area contributed by atoms with Gasteiger partial charge in [0.1, 0.15) is 0 Å². The summed E-state index contributed by atoms with van der Waals surface area (Å²) in [7, 11) is 1.30. The quantitative estimate of drug-likeness (QED) is 0.620. The van der Waals surface area contributed by atoms with E-state index in [-0.39, 0.29) is 11.7 Å². The summed E-state index contributed by atoms with van der Waals surface area (Å²) in [5.74, 6) is -0.890. The van der Waals surface area contributed by atoms with Crippen molar-refractivity contribution in [3.05, 3.63) is 11.3 Å². The van der Waals surface area contributed by atoms with E-state index in [1.807, 2.05) is 6.92 Å². The fraction of sp³-hybridized carbons (Fsp3) is 0.700. The first-order valence-electron chi connectivity index (χ1n) is 4.63. The summed E-state index contributed by atoms with van der Waals surface area (Å²) in [6, 6.07) is 0. The zero-order chi connectivity index (χ0) is 10.9. The van der Waals surface area contributed by atoms with E-state index in [9.17, 15) is 15.0 Å². The monoisotopic (exact) mass is 200 g/mol. The summed E-state index contributed by atoms with van der Waals surface area (Å²) in [5.41, 5.74) is 0.471. The third-order valence-corrected chi connectivity index (χ3v) is 2.84. The average molecular weight is 200 g/mol. The number of allylic oxidation sites excluding steroid dienone is 1. The Morgan fingerprint density at radius 3 is 2.64 bits per heavy atom. The van der Waals surface area contributed by atoms with Crippen LogP contribution < -0.4 is 0 Å². The summed E-state index contributed by atoms with van der Waals surface area (Å²) < 4.78 is 4.61. The Balaban J connectivity index is 2.94. The van der Waals surface area contributed by atoms with E-state index in [0.29, 0.717) is 12.0 Å². The van der Waals surface area contributed by atoms with Crippen LogP contribution in [0.4, 0.5) is 0 Å². The van der Waals surface area contributed by atoms with Crippen LogP contribution >= 0.6 is 0 Å². The minimum absolute atomic E-state index is 0.0962. The van der Waals surface area contributed by atoms with Gasteiger partial charge in [-0.25, -0.2) is 0 Å². The molecule has 0 heterocycles. The van der Waals surface area contributed by atoms with Gasteiger partial charge in [-0.15, -0.1) is 0 Å². The van der Waals surface area contributed by atoms with Crippen molar-refractivity contribution in [3.8, 4) is 0 Å². The molecule has 0 fully saturated rings. The van der Waals surface area contributed by atoms with E-state index in [0.717, 1.165) is 0 Å². The predicted molar refractivity (Wildman–Crippen MR) is 50.6 cm³/mol. The number of hydrogen-bond acceptors (Lipinski definition) is 4. The lowest BCUT2D eigenvalue weighted by atomic mass is 9.78. The lowest BCUT2D eigenvalue weighted by molar-refractivity contribution is -0.151. The lowest BCUT2D eigenvalue weighted by Crippen LogP contribution is -2.39. The van der Waals surface area contributed by atoms with Gasteiger partial charge in [0, 0.05) is 6.42 Å². The number of aliphatic hydroxyl groups is 2. The molecule has 0 saturated carbocycles. The van der Waals surface area contributed by atoms with Crippen LogP contribution in [-0.2, 0) is 9.53 Å².